The molecule has 11 heteroatoms. The molecule has 2 heterocycles. The fraction of sp³-hybridized carbons (Fsp3) is 0.579. The van der Waals surface area contributed by atoms with Gasteiger partial charge in [0.15, 0.2) is 0 Å². The maximum Gasteiger partial charge on any atom is 0.253 e. The Morgan fingerprint density at radius 3 is 2.23 bits per heavy atom. The molecular weight excluding hydrogens is 430 g/mol. The van der Waals surface area contributed by atoms with Crippen LogP contribution >= 0.6 is 0 Å². The summed E-state index contributed by atoms with van der Waals surface area (Å²) in [5.74, 6) is -1.46. The summed E-state index contributed by atoms with van der Waals surface area (Å²) in [6, 6.07) is 4.25. The zero-order valence-electron chi connectivity index (χ0n) is 17.5. The Morgan fingerprint density at radius 2 is 1.73 bits per heavy atom. The quantitative estimate of drug-likeness (QED) is 0.623. The number of fused-ring (bicyclic) bond motifs is 1. The van der Waals surface area contributed by atoms with E-state index >= 15 is 0 Å². The topological polar surface area (TPSA) is 112 Å². The van der Waals surface area contributed by atoms with Crippen LogP contribution < -0.4 is 0 Å². The lowest BCUT2D eigenvalue weighted by Crippen LogP contribution is -2.43. The molecule has 1 aromatic carbocycles. The zero-order valence-corrected chi connectivity index (χ0v) is 19.1. The number of hydrogen-bond donors (Lipinski definition) is 0. The third-order valence-electron chi connectivity index (χ3n) is 5.69. The SMILES string of the molecule is CCC[C@H]1C(=O)N(S(C)(=O)=O)[C@H]2CCN(S(=O)(=O)c3ccc(C(=O)N(C)C)cc3)[C@H]12. The number of carbonyl (C=O) groups is 2. The average molecular weight is 458 g/mol. The summed E-state index contributed by atoms with van der Waals surface area (Å²) < 4.78 is 53.3. The number of nitrogens with zero attached hydrogens (tertiary/aromatic N) is 3. The first kappa shape index (κ1) is 22.7. The molecule has 0 radical (unpaired) electrons. The molecule has 2 fully saturated rings. The van der Waals surface area contributed by atoms with E-state index in [0.717, 1.165) is 10.6 Å². The van der Waals surface area contributed by atoms with E-state index in [4.69, 9.17) is 0 Å². The van der Waals surface area contributed by atoms with Crippen LogP contribution in [0.15, 0.2) is 29.2 Å². The van der Waals surface area contributed by atoms with Crippen LogP contribution in [0.1, 0.15) is 36.5 Å². The van der Waals surface area contributed by atoms with Crippen LogP contribution in [0.25, 0.3) is 0 Å². The molecule has 2 amide bonds. The van der Waals surface area contributed by atoms with Crippen LogP contribution in [-0.2, 0) is 24.8 Å². The highest BCUT2D eigenvalue weighted by Crippen LogP contribution is 2.42. The summed E-state index contributed by atoms with van der Waals surface area (Å²) in [5.41, 5.74) is 0.362. The minimum absolute atomic E-state index is 0.0129. The fourth-order valence-electron chi connectivity index (χ4n) is 4.43. The number of sulfonamides is 2. The van der Waals surface area contributed by atoms with Crippen molar-refractivity contribution in [3.05, 3.63) is 29.8 Å². The number of carbonyl (C=O) groups excluding carboxylic acids is 2. The molecule has 1 aromatic rings. The lowest BCUT2D eigenvalue weighted by atomic mass is 9.95. The average Bonchev–Trinajstić information content (AvgIpc) is 3.19. The van der Waals surface area contributed by atoms with Crippen LogP contribution in [0, 0.1) is 5.92 Å². The van der Waals surface area contributed by atoms with E-state index < -0.39 is 44.0 Å². The monoisotopic (exact) mass is 457 g/mol. The van der Waals surface area contributed by atoms with Crippen molar-refractivity contribution < 1.29 is 26.4 Å². The summed E-state index contributed by atoms with van der Waals surface area (Å²) >= 11 is 0. The van der Waals surface area contributed by atoms with E-state index in [1.54, 1.807) is 14.1 Å². The molecular formula is C19H27N3O6S2. The second-order valence-corrected chi connectivity index (χ2v) is 11.7. The van der Waals surface area contributed by atoms with E-state index in [1.807, 2.05) is 6.92 Å². The molecule has 0 saturated carbocycles. The summed E-state index contributed by atoms with van der Waals surface area (Å²) in [6.07, 6.45) is 2.29. The summed E-state index contributed by atoms with van der Waals surface area (Å²) in [5, 5.41) is 0. The molecule has 0 bridgehead atoms. The number of rotatable bonds is 6. The Labute approximate surface area is 177 Å². The van der Waals surface area contributed by atoms with Crippen LogP contribution in [-0.4, -0.2) is 81.1 Å². The Hall–Kier alpha value is -1.98. The molecule has 3 atom stereocenters. The van der Waals surface area contributed by atoms with Crippen LogP contribution in [0.2, 0.25) is 0 Å². The van der Waals surface area contributed by atoms with Crippen LogP contribution in [0.4, 0.5) is 0 Å². The van der Waals surface area contributed by atoms with Gasteiger partial charge in [-0.25, -0.2) is 21.1 Å². The van der Waals surface area contributed by atoms with Crippen molar-refractivity contribution in [2.75, 3.05) is 26.9 Å². The Kier molecular flexibility index (Phi) is 6.00. The molecule has 0 N–H and O–H groups in total. The maximum absolute atomic E-state index is 13.4. The van der Waals surface area contributed by atoms with E-state index in [0.29, 0.717) is 18.4 Å². The minimum atomic E-state index is -3.96. The predicted molar refractivity (Wildman–Crippen MR) is 111 cm³/mol. The molecule has 0 aliphatic carbocycles. The maximum atomic E-state index is 13.4. The van der Waals surface area contributed by atoms with E-state index in [9.17, 15) is 26.4 Å². The summed E-state index contributed by atoms with van der Waals surface area (Å²) in [7, 11) is -4.54. The van der Waals surface area contributed by atoms with Gasteiger partial charge in [0.1, 0.15) is 0 Å². The van der Waals surface area contributed by atoms with Gasteiger partial charge >= 0.3 is 0 Å². The van der Waals surface area contributed by atoms with Gasteiger partial charge in [0.25, 0.3) is 5.91 Å². The van der Waals surface area contributed by atoms with Crippen molar-refractivity contribution in [3.8, 4) is 0 Å². The van der Waals surface area contributed by atoms with Gasteiger partial charge in [-0.1, -0.05) is 13.3 Å². The Balaban J connectivity index is 1.97. The third kappa shape index (κ3) is 3.74. The second kappa shape index (κ2) is 7.93. The minimum Gasteiger partial charge on any atom is -0.345 e. The highest BCUT2D eigenvalue weighted by atomic mass is 32.2. The van der Waals surface area contributed by atoms with Gasteiger partial charge in [-0.05, 0) is 37.1 Å². The van der Waals surface area contributed by atoms with Crippen molar-refractivity contribution in [3.63, 3.8) is 0 Å². The van der Waals surface area contributed by atoms with Gasteiger partial charge in [-0.3, -0.25) is 9.59 Å². The molecule has 0 aromatic heterocycles. The van der Waals surface area contributed by atoms with Crippen molar-refractivity contribution >= 4 is 31.9 Å². The zero-order chi connectivity index (χ0) is 22.4. The third-order valence-corrected chi connectivity index (χ3v) is 8.77. The van der Waals surface area contributed by atoms with Gasteiger partial charge in [-0.2, -0.15) is 4.31 Å². The smallest absolute Gasteiger partial charge is 0.253 e. The van der Waals surface area contributed by atoms with E-state index in [1.165, 1.54) is 33.5 Å². The standard InChI is InChI=1S/C19H27N3O6S2/c1-5-6-15-17-16(22(19(15)24)29(4,25)26)11-12-21(17)30(27,28)14-9-7-13(8-10-14)18(23)20(2)3/h7-10,15-17H,5-6,11-12H2,1-4H3/t15-,16+,17-/m1/s1. The van der Waals surface area contributed by atoms with Gasteiger partial charge < -0.3 is 4.90 Å². The lowest BCUT2D eigenvalue weighted by molar-refractivity contribution is -0.128. The molecule has 2 aliphatic rings. The number of benzene rings is 1. The molecule has 0 spiro atoms. The predicted octanol–water partition coefficient (Wildman–Crippen LogP) is 0.738. The molecule has 3 rings (SSSR count). The molecule has 9 nitrogen and oxygen atoms in total. The lowest BCUT2D eigenvalue weighted by Gasteiger charge is -2.26. The number of amides is 2. The van der Waals surface area contributed by atoms with E-state index in [-0.39, 0.29) is 23.8 Å². The van der Waals surface area contributed by atoms with Gasteiger partial charge in [-0.15, -0.1) is 0 Å². The second-order valence-electron chi connectivity index (χ2n) is 7.98. The highest BCUT2D eigenvalue weighted by Gasteiger charge is 2.58. The fourth-order valence-corrected chi connectivity index (χ4v) is 7.32. The molecule has 0 unspecified atom stereocenters. The largest absolute Gasteiger partial charge is 0.345 e. The first-order valence-electron chi connectivity index (χ1n) is 9.78. The van der Waals surface area contributed by atoms with Gasteiger partial charge in [0, 0.05) is 26.2 Å². The summed E-state index contributed by atoms with van der Waals surface area (Å²) in [4.78, 5) is 26.3. The van der Waals surface area contributed by atoms with Crippen molar-refractivity contribution in [2.24, 2.45) is 5.92 Å². The Morgan fingerprint density at radius 1 is 1.13 bits per heavy atom. The van der Waals surface area contributed by atoms with Crippen LogP contribution in [0.3, 0.4) is 0 Å². The molecule has 166 valence electrons. The first-order valence-corrected chi connectivity index (χ1v) is 13.1. The Bertz CT molecular complexity index is 1050. The van der Waals surface area contributed by atoms with E-state index in [2.05, 4.69) is 0 Å². The van der Waals surface area contributed by atoms with Gasteiger partial charge in [0.2, 0.25) is 26.0 Å². The highest BCUT2D eigenvalue weighted by molar-refractivity contribution is 7.89. The van der Waals surface area contributed by atoms with Crippen LogP contribution in [0.5, 0.6) is 0 Å². The van der Waals surface area contributed by atoms with Crippen molar-refractivity contribution in [2.45, 2.75) is 43.2 Å². The van der Waals surface area contributed by atoms with Crippen molar-refractivity contribution in [1.29, 1.82) is 0 Å². The normalized spacial score (nSPS) is 24.9. The molecule has 30 heavy (non-hydrogen) atoms. The summed E-state index contributed by atoms with van der Waals surface area (Å²) in [6.45, 7) is 2.01. The number of hydrogen-bond acceptors (Lipinski definition) is 6. The molecule has 2 saturated heterocycles. The van der Waals surface area contributed by atoms with Crippen molar-refractivity contribution in [1.82, 2.24) is 13.5 Å². The molecule has 2 aliphatic heterocycles. The van der Waals surface area contributed by atoms with Gasteiger partial charge in [0.05, 0.1) is 29.2 Å². The first-order chi connectivity index (χ1) is 13.9.